The fraction of sp³-hybridized carbons (Fsp3) is 0.556. The number of nitrogens with one attached hydrogen (secondary N) is 4. The van der Waals surface area contributed by atoms with Gasteiger partial charge in [-0.1, -0.05) is 96.9 Å². The van der Waals surface area contributed by atoms with E-state index in [0.29, 0.717) is 37.7 Å². The predicted molar refractivity (Wildman–Crippen MR) is 180 cm³/mol. The number of benzene rings is 2. The summed E-state index contributed by atoms with van der Waals surface area (Å²) in [5.41, 5.74) is 11.5. The van der Waals surface area contributed by atoms with Crippen molar-refractivity contribution in [2.24, 2.45) is 11.8 Å². The number of para-hydroxylation sites is 2. The number of phenols is 2. The first-order valence-electron chi connectivity index (χ1n) is 17.0. The molecule has 0 aliphatic heterocycles. The van der Waals surface area contributed by atoms with E-state index in [9.17, 15) is 29.4 Å². The van der Waals surface area contributed by atoms with Crippen molar-refractivity contribution in [3.8, 4) is 11.5 Å². The lowest BCUT2D eigenvalue weighted by Crippen LogP contribution is -2.44. The number of rotatable bonds is 19. The van der Waals surface area contributed by atoms with Gasteiger partial charge in [0.15, 0.2) is 0 Å². The number of aryl methyl sites for hydroxylation is 2. The van der Waals surface area contributed by atoms with Crippen LogP contribution in [0.5, 0.6) is 11.5 Å². The minimum absolute atomic E-state index is 0.0510. The number of hydrogen-bond donors (Lipinski definition) is 6. The van der Waals surface area contributed by atoms with Crippen molar-refractivity contribution in [3.05, 3.63) is 58.7 Å². The van der Waals surface area contributed by atoms with E-state index in [0.717, 1.165) is 63.4 Å². The minimum atomic E-state index is -0.566. The highest BCUT2D eigenvalue weighted by molar-refractivity contribution is 5.99. The molecular formula is C36H54N4O6. The second-order valence-electron chi connectivity index (χ2n) is 12.1. The predicted octanol–water partition coefficient (Wildman–Crippen LogP) is 6.40. The van der Waals surface area contributed by atoms with Crippen LogP contribution in [0.25, 0.3) is 0 Å². The number of phenolic OH excluding ortho intramolecular Hbond substituents is 2. The zero-order valence-electron chi connectivity index (χ0n) is 28.0. The molecule has 0 aromatic heterocycles. The van der Waals surface area contributed by atoms with Crippen LogP contribution in [0, 0.1) is 11.8 Å². The van der Waals surface area contributed by atoms with Gasteiger partial charge in [-0.3, -0.25) is 40.9 Å². The summed E-state index contributed by atoms with van der Waals surface area (Å²) in [6, 6.07) is 10.1. The first-order chi connectivity index (χ1) is 22.1. The highest BCUT2D eigenvalue weighted by atomic mass is 16.3. The normalized spacial score (nSPS) is 12.2. The number of carbonyl (C=O) groups excluding carboxylic acids is 4. The van der Waals surface area contributed by atoms with Gasteiger partial charge in [-0.25, -0.2) is 0 Å². The first-order valence-corrected chi connectivity index (χ1v) is 17.0. The molecule has 0 spiro atoms. The van der Waals surface area contributed by atoms with Crippen molar-refractivity contribution in [1.29, 1.82) is 0 Å². The molecule has 0 radical (unpaired) electrons. The summed E-state index contributed by atoms with van der Waals surface area (Å²) < 4.78 is 0. The van der Waals surface area contributed by atoms with Gasteiger partial charge in [-0.15, -0.1) is 0 Å². The van der Waals surface area contributed by atoms with E-state index in [2.05, 4.69) is 35.6 Å². The Hall–Kier alpha value is -4.08. The monoisotopic (exact) mass is 638 g/mol. The molecule has 6 N–H and O–H groups in total. The summed E-state index contributed by atoms with van der Waals surface area (Å²) in [5.74, 6) is -2.45. The van der Waals surface area contributed by atoms with Gasteiger partial charge in [0, 0.05) is 11.8 Å². The van der Waals surface area contributed by atoms with Gasteiger partial charge in [0.2, 0.25) is 11.8 Å². The van der Waals surface area contributed by atoms with Crippen LogP contribution in [-0.2, 0) is 22.4 Å². The Morgan fingerprint density at radius 2 is 1.09 bits per heavy atom. The topological polar surface area (TPSA) is 157 Å². The molecule has 46 heavy (non-hydrogen) atoms. The minimum Gasteiger partial charge on any atom is -0.507 e. The van der Waals surface area contributed by atoms with E-state index in [4.69, 9.17) is 0 Å². The maximum atomic E-state index is 12.7. The summed E-state index contributed by atoms with van der Waals surface area (Å²) >= 11 is 0. The number of carbonyl (C=O) groups is 4. The second-order valence-corrected chi connectivity index (χ2v) is 12.1. The number of unbranched alkanes of at least 4 members (excludes halogenated alkanes) is 6. The van der Waals surface area contributed by atoms with Gasteiger partial charge < -0.3 is 10.2 Å². The zero-order chi connectivity index (χ0) is 33.9. The Balaban J connectivity index is 1.71. The Kier molecular flexibility index (Phi) is 17.3. The molecule has 0 fully saturated rings. The van der Waals surface area contributed by atoms with E-state index in [-0.39, 0.29) is 46.3 Å². The average Bonchev–Trinajstić information content (AvgIpc) is 3.05. The van der Waals surface area contributed by atoms with Gasteiger partial charge >= 0.3 is 0 Å². The molecule has 0 saturated heterocycles. The summed E-state index contributed by atoms with van der Waals surface area (Å²) in [6.45, 7) is 7.91. The van der Waals surface area contributed by atoms with Gasteiger partial charge in [-0.2, -0.15) is 0 Å². The number of hydrazine groups is 2. The fourth-order valence-corrected chi connectivity index (χ4v) is 5.35. The van der Waals surface area contributed by atoms with Gasteiger partial charge in [-0.05, 0) is 68.2 Å². The summed E-state index contributed by atoms with van der Waals surface area (Å²) in [4.78, 5) is 50.5. The SMILES string of the molecule is CCCCCc1cccc(C(=O)NNC(=O)C(C)CCCCCC(CC)C(=O)NNC(=O)c2cccc(CCCCC)c2O)c1O. The largest absolute Gasteiger partial charge is 0.507 e. The average molecular weight is 639 g/mol. The maximum absolute atomic E-state index is 12.7. The molecule has 10 nitrogen and oxygen atoms in total. The molecular weight excluding hydrogens is 584 g/mol. The Morgan fingerprint density at radius 1 is 0.609 bits per heavy atom. The molecule has 2 atom stereocenters. The van der Waals surface area contributed by atoms with Crippen LogP contribution in [0.3, 0.4) is 0 Å². The Labute approximate surface area is 274 Å². The molecule has 254 valence electrons. The highest BCUT2D eigenvalue weighted by Crippen LogP contribution is 2.25. The Morgan fingerprint density at radius 3 is 1.57 bits per heavy atom. The molecule has 2 rings (SSSR count). The van der Waals surface area contributed by atoms with E-state index >= 15 is 0 Å². The molecule has 0 aliphatic carbocycles. The quantitative estimate of drug-likeness (QED) is 0.0773. The Bertz CT molecular complexity index is 1280. The number of aromatic hydroxyl groups is 2. The molecule has 0 aliphatic rings. The van der Waals surface area contributed by atoms with Gasteiger partial charge in [0.25, 0.3) is 11.8 Å². The zero-order valence-corrected chi connectivity index (χ0v) is 28.0. The third-order valence-corrected chi connectivity index (χ3v) is 8.43. The lowest BCUT2D eigenvalue weighted by Gasteiger charge is -2.17. The number of hydrogen-bond acceptors (Lipinski definition) is 6. The van der Waals surface area contributed by atoms with Crippen LogP contribution in [-0.4, -0.2) is 33.8 Å². The van der Waals surface area contributed by atoms with Crippen LogP contribution in [0.1, 0.15) is 137 Å². The molecule has 2 aromatic rings. The van der Waals surface area contributed by atoms with Crippen molar-refractivity contribution in [1.82, 2.24) is 21.7 Å². The van der Waals surface area contributed by atoms with Gasteiger partial charge in [0.1, 0.15) is 11.5 Å². The summed E-state index contributed by atoms with van der Waals surface area (Å²) in [7, 11) is 0. The molecule has 0 bridgehead atoms. The summed E-state index contributed by atoms with van der Waals surface area (Å²) in [6.07, 6.45) is 11.6. The van der Waals surface area contributed by atoms with Gasteiger partial charge in [0.05, 0.1) is 11.1 Å². The second kappa shape index (κ2) is 20.9. The van der Waals surface area contributed by atoms with E-state index in [1.165, 1.54) is 12.1 Å². The molecule has 0 saturated carbocycles. The van der Waals surface area contributed by atoms with E-state index in [1.807, 2.05) is 6.92 Å². The van der Waals surface area contributed by atoms with Crippen molar-refractivity contribution >= 4 is 23.6 Å². The smallest absolute Gasteiger partial charge is 0.273 e. The highest BCUT2D eigenvalue weighted by Gasteiger charge is 2.20. The van der Waals surface area contributed by atoms with Crippen LogP contribution >= 0.6 is 0 Å². The summed E-state index contributed by atoms with van der Waals surface area (Å²) in [5, 5.41) is 21.1. The standard InChI is InChI=1S/C36H54N4O6/c1-5-8-11-19-27-21-15-23-29(31(27)41)35(45)39-37-33(43)25(4)17-13-10-14-18-26(7-3)34(44)38-40-36(46)30-24-16-22-28(32(30)42)20-12-9-6-2/h15-16,21-26,41-42H,5-14,17-20H2,1-4H3,(H,37,43)(H,38,44)(H,39,45)(H,40,46). The van der Waals surface area contributed by atoms with E-state index < -0.39 is 11.8 Å². The van der Waals surface area contributed by atoms with Crippen molar-refractivity contribution in [3.63, 3.8) is 0 Å². The molecule has 2 aromatic carbocycles. The fourth-order valence-electron chi connectivity index (χ4n) is 5.35. The van der Waals surface area contributed by atoms with E-state index in [1.54, 1.807) is 31.2 Å². The van der Waals surface area contributed by atoms with Crippen molar-refractivity contribution < 1.29 is 29.4 Å². The van der Waals surface area contributed by atoms with Crippen molar-refractivity contribution in [2.75, 3.05) is 0 Å². The van der Waals surface area contributed by atoms with Crippen LogP contribution < -0.4 is 21.7 Å². The molecule has 2 unspecified atom stereocenters. The lowest BCUT2D eigenvalue weighted by molar-refractivity contribution is -0.126. The third kappa shape index (κ3) is 12.4. The van der Waals surface area contributed by atoms with Crippen LogP contribution in [0.4, 0.5) is 0 Å². The van der Waals surface area contributed by atoms with Crippen molar-refractivity contribution in [2.45, 2.75) is 118 Å². The molecule has 4 amide bonds. The third-order valence-electron chi connectivity index (χ3n) is 8.43. The first kappa shape index (κ1) is 38.1. The maximum Gasteiger partial charge on any atom is 0.273 e. The van der Waals surface area contributed by atoms with Crippen LogP contribution in [0.2, 0.25) is 0 Å². The number of amides is 4. The lowest BCUT2D eigenvalue weighted by atomic mass is 9.96. The molecule has 10 heteroatoms. The van der Waals surface area contributed by atoms with Crippen LogP contribution in [0.15, 0.2) is 36.4 Å². The molecule has 0 heterocycles.